The van der Waals surface area contributed by atoms with Gasteiger partial charge in [-0.25, -0.2) is 0 Å². The van der Waals surface area contributed by atoms with Gasteiger partial charge in [-0.1, -0.05) is 26.0 Å². The van der Waals surface area contributed by atoms with Gasteiger partial charge in [0.15, 0.2) is 0 Å². The molecule has 1 atom stereocenters. The second-order valence-corrected chi connectivity index (χ2v) is 5.38. The molecule has 1 aromatic rings. The minimum atomic E-state index is -0.215. The Morgan fingerprint density at radius 1 is 1.38 bits per heavy atom. The van der Waals surface area contributed by atoms with Crippen LogP contribution in [0.5, 0.6) is 0 Å². The fourth-order valence-corrected chi connectivity index (χ4v) is 2.69. The topological polar surface area (TPSA) is 44.4 Å². The molecule has 21 heavy (non-hydrogen) atoms. The van der Waals surface area contributed by atoms with Gasteiger partial charge in [0.25, 0.3) is 0 Å². The minimum Gasteiger partial charge on any atom is -0.368 e. The molecule has 0 radical (unpaired) electrons. The Bertz CT molecular complexity index is 513. The van der Waals surface area contributed by atoms with Crippen LogP contribution in [0.4, 0.5) is 11.4 Å². The summed E-state index contributed by atoms with van der Waals surface area (Å²) in [5.74, 6) is 0.0429. The molecule has 1 unspecified atom stereocenters. The van der Waals surface area contributed by atoms with Crippen LogP contribution in [0.1, 0.15) is 38.3 Å². The highest BCUT2D eigenvalue weighted by atomic mass is 16.2. The number of carbonyl (C=O) groups is 1. The van der Waals surface area contributed by atoms with Crippen LogP contribution in [0, 0.1) is 0 Å². The molecular weight excluding hydrogens is 262 g/mol. The minimum absolute atomic E-state index is 0.0429. The predicted molar refractivity (Wildman–Crippen MR) is 88.8 cm³/mol. The Labute approximate surface area is 127 Å². The van der Waals surface area contributed by atoms with Gasteiger partial charge in [-0.15, -0.1) is 6.58 Å². The second kappa shape index (κ2) is 7.27. The number of rotatable bonds is 8. The zero-order valence-electron chi connectivity index (χ0n) is 13.0. The molecule has 0 saturated heterocycles. The van der Waals surface area contributed by atoms with Crippen molar-refractivity contribution in [2.45, 2.75) is 32.7 Å². The molecule has 1 aliphatic rings. The first-order chi connectivity index (χ1) is 10.2. The molecule has 0 saturated carbocycles. The van der Waals surface area contributed by atoms with Crippen molar-refractivity contribution in [3.8, 4) is 0 Å². The standard InChI is InChI=1S/C17H25N3O/c1-4-9-18-16-14-8-7-13(12-15(14)19-17(16)21)20(10-5-2)11-6-3/h5,7-8,12,16,18H,2,4,6,9-11H2,1,3H3,(H,19,21). The normalized spacial score (nSPS) is 16.5. The van der Waals surface area contributed by atoms with Crippen molar-refractivity contribution < 1.29 is 4.79 Å². The van der Waals surface area contributed by atoms with Crippen LogP contribution in [0.2, 0.25) is 0 Å². The van der Waals surface area contributed by atoms with Crippen LogP contribution >= 0.6 is 0 Å². The van der Waals surface area contributed by atoms with E-state index in [0.29, 0.717) is 0 Å². The van der Waals surface area contributed by atoms with Crippen molar-refractivity contribution >= 4 is 17.3 Å². The van der Waals surface area contributed by atoms with E-state index < -0.39 is 0 Å². The molecule has 1 aromatic carbocycles. The summed E-state index contributed by atoms with van der Waals surface area (Å²) in [6.45, 7) is 10.7. The Kier molecular flexibility index (Phi) is 5.39. The van der Waals surface area contributed by atoms with Crippen molar-refractivity contribution in [1.29, 1.82) is 0 Å². The van der Waals surface area contributed by atoms with E-state index in [1.54, 1.807) is 0 Å². The summed E-state index contributed by atoms with van der Waals surface area (Å²) in [4.78, 5) is 14.3. The number of fused-ring (bicyclic) bond motifs is 1. The lowest BCUT2D eigenvalue weighted by Crippen LogP contribution is -2.28. The summed E-state index contributed by atoms with van der Waals surface area (Å²) >= 11 is 0. The second-order valence-electron chi connectivity index (χ2n) is 5.38. The van der Waals surface area contributed by atoms with E-state index in [9.17, 15) is 4.79 Å². The highest BCUT2D eigenvalue weighted by Crippen LogP contribution is 2.34. The molecule has 2 N–H and O–H groups in total. The zero-order chi connectivity index (χ0) is 15.2. The molecule has 0 aliphatic carbocycles. The Balaban J connectivity index is 2.22. The third-order valence-electron chi connectivity index (χ3n) is 3.67. The van der Waals surface area contributed by atoms with Gasteiger partial charge in [-0.3, -0.25) is 4.79 Å². The molecule has 0 aromatic heterocycles. The molecule has 4 heteroatoms. The first kappa shape index (κ1) is 15.6. The quantitative estimate of drug-likeness (QED) is 0.722. The van der Waals surface area contributed by atoms with Crippen LogP contribution in [-0.4, -0.2) is 25.5 Å². The summed E-state index contributed by atoms with van der Waals surface area (Å²) in [6.07, 6.45) is 4.01. The fourth-order valence-electron chi connectivity index (χ4n) is 2.69. The van der Waals surface area contributed by atoms with Crippen molar-refractivity contribution in [3.63, 3.8) is 0 Å². The van der Waals surface area contributed by atoms with Gasteiger partial charge < -0.3 is 15.5 Å². The lowest BCUT2D eigenvalue weighted by atomic mass is 10.1. The van der Waals surface area contributed by atoms with Gasteiger partial charge in [-0.2, -0.15) is 0 Å². The SMILES string of the molecule is C=CCN(CCC)c1ccc2c(c1)NC(=O)C2NCCC. The largest absolute Gasteiger partial charge is 0.368 e. The number of carbonyl (C=O) groups excluding carboxylic acids is 1. The Hall–Kier alpha value is -1.81. The van der Waals surface area contributed by atoms with E-state index in [4.69, 9.17) is 0 Å². The highest BCUT2D eigenvalue weighted by Gasteiger charge is 2.30. The third kappa shape index (κ3) is 3.45. The Morgan fingerprint density at radius 2 is 2.19 bits per heavy atom. The molecule has 0 spiro atoms. The molecule has 0 fully saturated rings. The number of benzene rings is 1. The van der Waals surface area contributed by atoms with Crippen LogP contribution in [-0.2, 0) is 4.79 Å². The molecule has 1 aliphatic heterocycles. The maximum absolute atomic E-state index is 12.1. The van der Waals surface area contributed by atoms with Crippen LogP contribution in [0.25, 0.3) is 0 Å². The van der Waals surface area contributed by atoms with Gasteiger partial charge in [0.05, 0.1) is 0 Å². The van der Waals surface area contributed by atoms with Gasteiger partial charge >= 0.3 is 0 Å². The number of amides is 1. The summed E-state index contributed by atoms with van der Waals surface area (Å²) < 4.78 is 0. The average Bonchev–Trinajstić information content (AvgIpc) is 2.79. The van der Waals surface area contributed by atoms with E-state index in [1.807, 2.05) is 6.08 Å². The molecular formula is C17H25N3O. The third-order valence-corrected chi connectivity index (χ3v) is 3.67. The number of nitrogens with zero attached hydrogens (tertiary/aromatic N) is 1. The van der Waals surface area contributed by atoms with E-state index in [-0.39, 0.29) is 11.9 Å². The van der Waals surface area contributed by atoms with Gasteiger partial charge in [0.1, 0.15) is 6.04 Å². The van der Waals surface area contributed by atoms with E-state index >= 15 is 0 Å². The van der Waals surface area contributed by atoms with Crippen molar-refractivity contribution in [2.24, 2.45) is 0 Å². The first-order valence-electron chi connectivity index (χ1n) is 7.75. The summed E-state index contributed by atoms with van der Waals surface area (Å²) in [5.41, 5.74) is 3.11. The highest BCUT2D eigenvalue weighted by molar-refractivity contribution is 6.03. The van der Waals surface area contributed by atoms with Gasteiger partial charge in [0.2, 0.25) is 5.91 Å². The lowest BCUT2D eigenvalue weighted by Gasteiger charge is -2.23. The van der Waals surface area contributed by atoms with E-state index in [1.165, 1.54) is 0 Å². The predicted octanol–water partition coefficient (Wildman–Crippen LogP) is 3.08. The summed E-state index contributed by atoms with van der Waals surface area (Å²) in [5, 5.41) is 6.28. The molecule has 114 valence electrons. The molecule has 0 bridgehead atoms. The lowest BCUT2D eigenvalue weighted by molar-refractivity contribution is -0.117. The zero-order valence-corrected chi connectivity index (χ0v) is 13.0. The number of hydrogen-bond donors (Lipinski definition) is 2. The van der Waals surface area contributed by atoms with E-state index in [0.717, 1.165) is 49.4 Å². The van der Waals surface area contributed by atoms with Crippen molar-refractivity contribution in [3.05, 3.63) is 36.4 Å². The van der Waals surface area contributed by atoms with Gasteiger partial charge in [-0.05, 0) is 31.5 Å². The molecule has 1 amide bonds. The maximum Gasteiger partial charge on any atom is 0.246 e. The average molecular weight is 287 g/mol. The van der Waals surface area contributed by atoms with Crippen LogP contribution in [0.15, 0.2) is 30.9 Å². The maximum atomic E-state index is 12.1. The number of nitrogens with one attached hydrogen (secondary N) is 2. The monoisotopic (exact) mass is 287 g/mol. The Morgan fingerprint density at radius 3 is 2.86 bits per heavy atom. The molecule has 4 nitrogen and oxygen atoms in total. The van der Waals surface area contributed by atoms with Crippen LogP contribution in [0.3, 0.4) is 0 Å². The van der Waals surface area contributed by atoms with Gasteiger partial charge in [0, 0.05) is 30.0 Å². The van der Waals surface area contributed by atoms with E-state index in [2.05, 4.69) is 54.2 Å². The smallest absolute Gasteiger partial charge is 0.246 e. The number of anilines is 2. The molecule has 2 rings (SSSR count). The summed E-state index contributed by atoms with van der Waals surface area (Å²) in [7, 11) is 0. The van der Waals surface area contributed by atoms with Crippen molar-refractivity contribution in [2.75, 3.05) is 29.9 Å². The van der Waals surface area contributed by atoms with Crippen LogP contribution < -0.4 is 15.5 Å². The van der Waals surface area contributed by atoms with Crippen molar-refractivity contribution in [1.82, 2.24) is 5.32 Å². The first-order valence-corrected chi connectivity index (χ1v) is 7.75. The molecule has 1 heterocycles. The summed E-state index contributed by atoms with van der Waals surface area (Å²) in [6, 6.07) is 6.01. The number of hydrogen-bond acceptors (Lipinski definition) is 3. The fraction of sp³-hybridized carbons (Fsp3) is 0.471.